The molecule has 3 rings (SSSR count). The van der Waals surface area contributed by atoms with Crippen LogP contribution in [0.25, 0.3) is 10.1 Å². The number of thiophene rings is 1. The number of hydrogen-bond donors (Lipinski definition) is 2. The van der Waals surface area contributed by atoms with E-state index in [1.165, 1.54) is 17.8 Å². The molecule has 1 fully saturated rings. The van der Waals surface area contributed by atoms with Crippen molar-refractivity contribution >= 4 is 33.0 Å². The van der Waals surface area contributed by atoms with Crippen LogP contribution in [0.3, 0.4) is 0 Å². The minimum atomic E-state index is 0.0166. The van der Waals surface area contributed by atoms with Gasteiger partial charge in [0.05, 0.1) is 4.88 Å². The first-order valence-electron chi connectivity index (χ1n) is 7.25. The number of likely N-dealkylation sites (N-methyl/N-ethyl adjacent to an activating group) is 1. The third kappa shape index (κ3) is 2.63. The van der Waals surface area contributed by atoms with E-state index < -0.39 is 0 Å². The molecule has 0 unspecified atom stereocenters. The Morgan fingerprint density at radius 2 is 2.14 bits per heavy atom. The number of carbonyl (C=O) groups excluding carboxylic acids is 1. The molecule has 0 spiro atoms. The Hall–Kier alpha value is -1.59. The molecule has 1 aliphatic carbocycles. The van der Waals surface area contributed by atoms with Crippen LogP contribution in [0, 0.1) is 0 Å². The summed E-state index contributed by atoms with van der Waals surface area (Å²) in [5.41, 5.74) is 6.66. The van der Waals surface area contributed by atoms with E-state index in [2.05, 4.69) is 24.3 Å². The summed E-state index contributed by atoms with van der Waals surface area (Å²) in [7, 11) is 4.18. The Kier molecular flexibility index (Phi) is 3.63. The molecule has 0 saturated heterocycles. The van der Waals surface area contributed by atoms with E-state index in [9.17, 15) is 4.79 Å². The molecule has 1 aromatic carbocycles. The highest BCUT2D eigenvalue weighted by molar-refractivity contribution is 7.20. The molecule has 1 aliphatic rings. The van der Waals surface area contributed by atoms with Crippen molar-refractivity contribution in [1.29, 1.82) is 0 Å². The first-order chi connectivity index (χ1) is 10.00. The molecule has 5 heteroatoms. The quantitative estimate of drug-likeness (QED) is 0.854. The third-order valence-corrected chi connectivity index (χ3v) is 5.69. The van der Waals surface area contributed by atoms with Crippen LogP contribution in [0.1, 0.15) is 28.9 Å². The van der Waals surface area contributed by atoms with Gasteiger partial charge >= 0.3 is 0 Å². The van der Waals surface area contributed by atoms with Crippen molar-refractivity contribution in [2.45, 2.75) is 24.8 Å². The van der Waals surface area contributed by atoms with Crippen LogP contribution in [0.15, 0.2) is 24.3 Å². The predicted octanol–water partition coefficient (Wildman–Crippen LogP) is 2.70. The van der Waals surface area contributed by atoms with Crippen molar-refractivity contribution in [1.82, 2.24) is 10.2 Å². The van der Waals surface area contributed by atoms with Gasteiger partial charge in [-0.05, 0) is 63.0 Å². The van der Waals surface area contributed by atoms with E-state index >= 15 is 0 Å². The van der Waals surface area contributed by atoms with Crippen molar-refractivity contribution in [3.05, 3.63) is 29.1 Å². The highest BCUT2D eigenvalue weighted by atomic mass is 32.1. The lowest BCUT2D eigenvalue weighted by Gasteiger charge is -2.47. The number of amides is 1. The third-order valence-electron chi connectivity index (χ3n) is 4.58. The number of nitrogen functional groups attached to an aromatic ring is 1. The topological polar surface area (TPSA) is 58.4 Å². The normalized spacial score (nSPS) is 16.9. The maximum Gasteiger partial charge on any atom is 0.261 e. The van der Waals surface area contributed by atoms with E-state index in [4.69, 9.17) is 5.73 Å². The number of fused-ring (bicyclic) bond motifs is 1. The Bertz CT molecular complexity index is 673. The van der Waals surface area contributed by atoms with E-state index in [0.717, 1.165) is 40.0 Å². The average Bonchev–Trinajstić information content (AvgIpc) is 2.79. The number of anilines is 1. The number of nitrogens with one attached hydrogen (secondary N) is 1. The number of carbonyl (C=O) groups is 1. The first-order valence-corrected chi connectivity index (χ1v) is 8.07. The molecule has 1 aromatic heterocycles. The van der Waals surface area contributed by atoms with Crippen LogP contribution in [0.4, 0.5) is 5.69 Å². The summed E-state index contributed by atoms with van der Waals surface area (Å²) in [6.07, 6.45) is 3.56. The van der Waals surface area contributed by atoms with Crippen LogP contribution in [-0.2, 0) is 0 Å². The van der Waals surface area contributed by atoms with Crippen molar-refractivity contribution in [2.24, 2.45) is 0 Å². The molecule has 3 N–H and O–H groups in total. The number of nitrogens with zero attached hydrogens (tertiary/aromatic N) is 1. The van der Waals surface area contributed by atoms with Crippen LogP contribution in [-0.4, -0.2) is 37.0 Å². The zero-order chi connectivity index (χ0) is 15.0. The molecular weight excluding hydrogens is 282 g/mol. The van der Waals surface area contributed by atoms with Gasteiger partial charge in [-0.3, -0.25) is 4.79 Å². The smallest absolute Gasteiger partial charge is 0.261 e. The number of benzene rings is 1. The molecule has 0 bridgehead atoms. The standard InChI is InChI=1S/C16H21N3OS/c1-19(2)16(6-3-7-16)10-18-15(20)14-9-11-8-12(17)4-5-13(11)21-14/h4-5,8-9H,3,6-7,10,17H2,1-2H3,(H,18,20). The van der Waals surface area contributed by atoms with Gasteiger partial charge in [0.2, 0.25) is 0 Å². The summed E-state index contributed by atoms with van der Waals surface area (Å²) < 4.78 is 1.10. The van der Waals surface area contributed by atoms with E-state index in [1.54, 1.807) is 0 Å². The average molecular weight is 303 g/mol. The van der Waals surface area contributed by atoms with Crippen LogP contribution in [0.5, 0.6) is 0 Å². The summed E-state index contributed by atoms with van der Waals surface area (Å²) in [5, 5.41) is 4.14. The number of rotatable bonds is 4. The summed E-state index contributed by atoms with van der Waals surface area (Å²) in [4.78, 5) is 15.4. The molecule has 0 aliphatic heterocycles. The van der Waals surface area contributed by atoms with E-state index in [0.29, 0.717) is 0 Å². The Labute approximate surface area is 128 Å². The van der Waals surface area contributed by atoms with Crippen molar-refractivity contribution in [2.75, 3.05) is 26.4 Å². The molecular formula is C16H21N3OS. The Morgan fingerprint density at radius 1 is 1.38 bits per heavy atom. The second-order valence-electron chi connectivity index (χ2n) is 6.06. The highest BCUT2D eigenvalue weighted by Gasteiger charge is 2.39. The number of hydrogen-bond acceptors (Lipinski definition) is 4. The maximum atomic E-state index is 12.4. The summed E-state index contributed by atoms with van der Waals surface area (Å²) in [5.74, 6) is 0.0166. The fourth-order valence-electron chi connectivity index (χ4n) is 2.87. The van der Waals surface area contributed by atoms with Gasteiger partial charge in [0.15, 0.2) is 0 Å². The molecule has 2 aromatic rings. The Morgan fingerprint density at radius 3 is 2.76 bits per heavy atom. The summed E-state index contributed by atoms with van der Waals surface area (Å²) in [6, 6.07) is 7.68. The minimum absolute atomic E-state index is 0.0166. The largest absolute Gasteiger partial charge is 0.399 e. The van der Waals surface area contributed by atoms with Crippen molar-refractivity contribution < 1.29 is 4.79 Å². The first kappa shape index (κ1) is 14.4. The second-order valence-corrected chi connectivity index (χ2v) is 7.15. The van der Waals surface area contributed by atoms with Gasteiger partial charge < -0.3 is 16.0 Å². The molecule has 1 amide bonds. The lowest BCUT2D eigenvalue weighted by atomic mass is 9.75. The predicted molar refractivity (Wildman–Crippen MR) is 88.8 cm³/mol. The van der Waals surface area contributed by atoms with Gasteiger partial charge in [-0.2, -0.15) is 0 Å². The van der Waals surface area contributed by atoms with Gasteiger partial charge in [0, 0.05) is 22.5 Å². The highest BCUT2D eigenvalue weighted by Crippen LogP contribution is 2.35. The zero-order valence-corrected chi connectivity index (χ0v) is 13.3. The summed E-state index contributed by atoms with van der Waals surface area (Å²) in [6.45, 7) is 0.717. The SMILES string of the molecule is CN(C)C1(CNC(=O)c2cc3cc(N)ccc3s2)CCC1. The van der Waals surface area contributed by atoms with Crippen LogP contribution >= 0.6 is 11.3 Å². The second kappa shape index (κ2) is 5.31. The fourth-order valence-corrected chi connectivity index (χ4v) is 3.83. The molecule has 0 atom stereocenters. The van der Waals surface area contributed by atoms with E-state index in [-0.39, 0.29) is 11.4 Å². The van der Waals surface area contributed by atoms with Gasteiger partial charge in [-0.25, -0.2) is 0 Å². The van der Waals surface area contributed by atoms with Gasteiger partial charge in [-0.1, -0.05) is 0 Å². The lowest BCUT2D eigenvalue weighted by Crippen LogP contribution is -2.57. The van der Waals surface area contributed by atoms with E-state index in [1.807, 2.05) is 24.3 Å². The molecule has 1 saturated carbocycles. The van der Waals surface area contributed by atoms with Gasteiger partial charge in [0.25, 0.3) is 5.91 Å². The lowest BCUT2D eigenvalue weighted by molar-refractivity contribution is 0.0559. The molecule has 0 radical (unpaired) electrons. The van der Waals surface area contributed by atoms with Crippen LogP contribution in [0.2, 0.25) is 0 Å². The summed E-state index contributed by atoms with van der Waals surface area (Å²) >= 11 is 1.52. The number of nitrogens with two attached hydrogens (primary N) is 1. The molecule has 21 heavy (non-hydrogen) atoms. The molecule has 1 heterocycles. The van der Waals surface area contributed by atoms with Crippen LogP contribution < -0.4 is 11.1 Å². The molecule has 112 valence electrons. The maximum absolute atomic E-state index is 12.4. The Balaban J connectivity index is 1.72. The zero-order valence-electron chi connectivity index (χ0n) is 12.5. The van der Waals surface area contributed by atoms with Gasteiger partial charge in [-0.15, -0.1) is 11.3 Å². The van der Waals surface area contributed by atoms with Crippen molar-refractivity contribution in [3.63, 3.8) is 0 Å². The minimum Gasteiger partial charge on any atom is -0.399 e. The fraction of sp³-hybridized carbons (Fsp3) is 0.438. The monoisotopic (exact) mass is 303 g/mol. The van der Waals surface area contributed by atoms with Crippen molar-refractivity contribution in [3.8, 4) is 0 Å². The molecule has 4 nitrogen and oxygen atoms in total. The van der Waals surface area contributed by atoms with Gasteiger partial charge in [0.1, 0.15) is 0 Å².